The lowest BCUT2D eigenvalue weighted by atomic mass is 10.0. The van der Waals surface area contributed by atoms with Crippen molar-refractivity contribution in [1.29, 1.82) is 0 Å². The van der Waals surface area contributed by atoms with E-state index < -0.39 is 46.5 Å². The summed E-state index contributed by atoms with van der Waals surface area (Å²) in [6.45, 7) is 0.890. The van der Waals surface area contributed by atoms with E-state index in [4.69, 9.17) is 10.2 Å². The number of aromatic carboxylic acids is 1. The quantitative estimate of drug-likeness (QED) is 0.612. The van der Waals surface area contributed by atoms with Gasteiger partial charge in [-0.2, -0.15) is 0 Å². The average molecular weight is 238 g/mol. The Morgan fingerprint density at radius 1 is 1.06 bits per heavy atom. The van der Waals surface area contributed by atoms with Gasteiger partial charge in [0.05, 0.1) is 11.7 Å². The highest BCUT2D eigenvalue weighted by Crippen LogP contribution is 2.28. The summed E-state index contributed by atoms with van der Waals surface area (Å²) in [5.74, 6) is -10.0. The molecule has 0 radical (unpaired) electrons. The van der Waals surface area contributed by atoms with Crippen LogP contribution in [0.5, 0.6) is 0 Å². The van der Waals surface area contributed by atoms with Crippen LogP contribution >= 0.6 is 0 Å². The summed E-state index contributed by atoms with van der Waals surface area (Å²) in [6.07, 6.45) is -1.80. The van der Waals surface area contributed by atoms with Crippen molar-refractivity contribution in [3.05, 3.63) is 34.4 Å². The summed E-state index contributed by atoms with van der Waals surface area (Å²) in [6, 6.07) is 0. The number of carboxylic acid groups (broad SMARTS) is 1. The summed E-state index contributed by atoms with van der Waals surface area (Å²) >= 11 is 0. The third kappa shape index (κ3) is 1.73. The Morgan fingerprint density at radius 2 is 1.44 bits per heavy atom. The molecule has 1 rings (SSSR count). The van der Waals surface area contributed by atoms with Crippen LogP contribution in [-0.4, -0.2) is 16.2 Å². The van der Waals surface area contributed by atoms with Crippen LogP contribution in [0.3, 0.4) is 0 Å². The van der Waals surface area contributed by atoms with Gasteiger partial charge in [0.2, 0.25) is 0 Å². The van der Waals surface area contributed by atoms with E-state index in [1.807, 2.05) is 0 Å². The standard InChI is InChI=1S/C9H6F4O3/c1-2(14)3-5(10)7(12)4(9(15)16)8(13)6(3)11/h2,14H,1H3,(H,15,16). The van der Waals surface area contributed by atoms with Gasteiger partial charge in [-0.3, -0.25) is 0 Å². The molecule has 0 aliphatic heterocycles. The van der Waals surface area contributed by atoms with Crippen LogP contribution < -0.4 is 0 Å². The second kappa shape index (κ2) is 4.09. The van der Waals surface area contributed by atoms with Crippen LogP contribution in [0.2, 0.25) is 0 Å². The zero-order chi connectivity index (χ0) is 12.6. The van der Waals surface area contributed by atoms with Crippen molar-refractivity contribution in [2.24, 2.45) is 0 Å². The normalized spacial score (nSPS) is 12.6. The third-order valence-electron chi connectivity index (χ3n) is 1.93. The Kier molecular flexibility index (Phi) is 3.18. The van der Waals surface area contributed by atoms with Gasteiger partial charge in [0.15, 0.2) is 23.3 Å². The average Bonchev–Trinajstić information content (AvgIpc) is 2.14. The Hall–Kier alpha value is -1.63. The fraction of sp³-hybridized carbons (Fsp3) is 0.222. The molecule has 2 N–H and O–H groups in total. The lowest BCUT2D eigenvalue weighted by Gasteiger charge is -2.11. The summed E-state index contributed by atoms with van der Waals surface area (Å²) < 4.78 is 52.3. The van der Waals surface area contributed by atoms with Gasteiger partial charge in [-0.1, -0.05) is 0 Å². The predicted octanol–water partition coefficient (Wildman–Crippen LogP) is 1.99. The highest BCUT2D eigenvalue weighted by molar-refractivity contribution is 5.88. The first-order valence-corrected chi connectivity index (χ1v) is 4.06. The number of hydrogen-bond donors (Lipinski definition) is 2. The predicted molar refractivity (Wildman–Crippen MR) is 43.9 cm³/mol. The largest absolute Gasteiger partial charge is 0.477 e. The monoisotopic (exact) mass is 238 g/mol. The van der Waals surface area contributed by atoms with E-state index in [2.05, 4.69) is 0 Å². The van der Waals surface area contributed by atoms with Gasteiger partial charge in [0, 0.05) is 0 Å². The van der Waals surface area contributed by atoms with Gasteiger partial charge in [-0.15, -0.1) is 0 Å². The number of rotatable bonds is 2. The maximum absolute atomic E-state index is 13.1. The molecule has 0 bridgehead atoms. The van der Waals surface area contributed by atoms with E-state index in [1.165, 1.54) is 0 Å². The van der Waals surface area contributed by atoms with E-state index >= 15 is 0 Å². The zero-order valence-electron chi connectivity index (χ0n) is 7.89. The van der Waals surface area contributed by atoms with Crippen LogP contribution in [-0.2, 0) is 0 Å². The molecule has 7 heteroatoms. The number of halogens is 4. The second-order valence-electron chi connectivity index (χ2n) is 3.03. The highest BCUT2D eigenvalue weighted by atomic mass is 19.2. The van der Waals surface area contributed by atoms with Gasteiger partial charge in [0.1, 0.15) is 5.56 Å². The molecule has 0 aliphatic rings. The molecule has 0 saturated heterocycles. The van der Waals surface area contributed by atoms with E-state index in [9.17, 15) is 22.4 Å². The Balaban J connectivity index is 3.70. The third-order valence-corrected chi connectivity index (χ3v) is 1.93. The molecule has 1 aromatic carbocycles. The number of benzene rings is 1. The van der Waals surface area contributed by atoms with Gasteiger partial charge in [-0.25, -0.2) is 22.4 Å². The fourth-order valence-corrected chi connectivity index (χ4v) is 1.20. The summed E-state index contributed by atoms with van der Waals surface area (Å²) in [4.78, 5) is 10.4. The van der Waals surface area contributed by atoms with Crippen LogP contribution in [0.4, 0.5) is 17.6 Å². The van der Waals surface area contributed by atoms with Crippen molar-refractivity contribution in [3.8, 4) is 0 Å². The van der Waals surface area contributed by atoms with Gasteiger partial charge in [0.25, 0.3) is 0 Å². The van der Waals surface area contributed by atoms with Crippen molar-refractivity contribution in [1.82, 2.24) is 0 Å². The molecule has 0 amide bonds. The second-order valence-corrected chi connectivity index (χ2v) is 3.03. The molecule has 1 aromatic rings. The molecule has 0 aliphatic carbocycles. The van der Waals surface area contributed by atoms with Crippen LogP contribution in [0, 0.1) is 23.3 Å². The molecule has 1 unspecified atom stereocenters. The smallest absolute Gasteiger partial charge is 0.341 e. The summed E-state index contributed by atoms with van der Waals surface area (Å²) in [7, 11) is 0. The molecule has 16 heavy (non-hydrogen) atoms. The molecule has 88 valence electrons. The van der Waals surface area contributed by atoms with Crippen molar-refractivity contribution >= 4 is 5.97 Å². The minimum absolute atomic E-state index is 0.890. The maximum Gasteiger partial charge on any atom is 0.341 e. The Morgan fingerprint density at radius 3 is 1.69 bits per heavy atom. The van der Waals surface area contributed by atoms with E-state index in [0.29, 0.717) is 0 Å². The molecule has 3 nitrogen and oxygen atoms in total. The minimum Gasteiger partial charge on any atom is -0.477 e. The lowest BCUT2D eigenvalue weighted by molar-refractivity contribution is 0.0682. The number of aliphatic hydroxyl groups is 1. The first-order chi connectivity index (χ1) is 7.29. The van der Waals surface area contributed by atoms with E-state index in [-0.39, 0.29) is 0 Å². The molecule has 1 atom stereocenters. The number of hydrogen-bond acceptors (Lipinski definition) is 2. The number of carboxylic acids is 1. The van der Waals surface area contributed by atoms with Crippen molar-refractivity contribution < 1.29 is 32.6 Å². The van der Waals surface area contributed by atoms with Gasteiger partial charge in [-0.05, 0) is 6.92 Å². The molecular formula is C9H6F4O3. The van der Waals surface area contributed by atoms with Crippen molar-refractivity contribution in [3.63, 3.8) is 0 Å². The number of aliphatic hydroxyl groups excluding tert-OH is 1. The van der Waals surface area contributed by atoms with E-state index in [1.54, 1.807) is 0 Å². The summed E-state index contributed by atoms with van der Waals surface area (Å²) in [5, 5.41) is 17.3. The molecule has 0 fully saturated rings. The fourth-order valence-electron chi connectivity index (χ4n) is 1.20. The Labute approximate surface area is 86.9 Å². The van der Waals surface area contributed by atoms with Crippen molar-refractivity contribution in [2.45, 2.75) is 13.0 Å². The van der Waals surface area contributed by atoms with Crippen LogP contribution in [0.25, 0.3) is 0 Å². The zero-order valence-corrected chi connectivity index (χ0v) is 7.89. The lowest BCUT2D eigenvalue weighted by Crippen LogP contribution is -2.14. The Bertz CT molecular complexity index is 428. The molecular weight excluding hydrogens is 232 g/mol. The van der Waals surface area contributed by atoms with Gasteiger partial charge >= 0.3 is 5.97 Å². The minimum atomic E-state index is -2.13. The molecule has 0 heterocycles. The maximum atomic E-state index is 13.1. The van der Waals surface area contributed by atoms with Crippen LogP contribution in [0.1, 0.15) is 28.9 Å². The molecule has 0 saturated carbocycles. The van der Waals surface area contributed by atoms with Crippen LogP contribution in [0.15, 0.2) is 0 Å². The topological polar surface area (TPSA) is 57.5 Å². The van der Waals surface area contributed by atoms with E-state index in [0.717, 1.165) is 6.92 Å². The highest BCUT2D eigenvalue weighted by Gasteiger charge is 2.30. The first kappa shape index (κ1) is 12.4. The molecule has 0 spiro atoms. The summed E-state index contributed by atoms with van der Waals surface area (Å²) in [5.41, 5.74) is -2.96. The SMILES string of the molecule is CC(O)c1c(F)c(F)c(C(=O)O)c(F)c1F. The molecule has 0 aromatic heterocycles. The number of carbonyl (C=O) groups is 1. The van der Waals surface area contributed by atoms with Crippen molar-refractivity contribution in [2.75, 3.05) is 0 Å². The first-order valence-electron chi connectivity index (χ1n) is 4.06. The van der Waals surface area contributed by atoms with Gasteiger partial charge < -0.3 is 10.2 Å².